The Kier molecular flexibility index (Phi) is 5.31. The topological polar surface area (TPSA) is 73.7 Å². The van der Waals surface area contributed by atoms with E-state index in [2.05, 4.69) is 16.8 Å². The molecule has 1 fully saturated rings. The third-order valence-corrected chi connectivity index (χ3v) is 4.66. The second-order valence-corrected chi connectivity index (χ2v) is 7.43. The normalized spacial score (nSPS) is 16.4. The highest BCUT2D eigenvalue weighted by Crippen LogP contribution is 2.31. The number of piperidine rings is 1. The molecular formula is C22H24N2O3. The zero-order valence-corrected chi connectivity index (χ0v) is 15.6. The number of amides is 1. The molecule has 140 valence electrons. The van der Waals surface area contributed by atoms with Gasteiger partial charge in [-0.15, -0.1) is 0 Å². The average Bonchev–Trinajstić information content (AvgIpc) is 2.67. The lowest BCUT2D eigenvalue weighted by Gasteiger charge is -2.37. The fourth-order valence-corrected chi connectivity index (χ4v) is 3.08. The Hall–Kier alpha value is -2.68. The van der Waals surface area contributed by atoms with Crippen molar-refractivity contribution in [2.45, 2.75) is 37.9 Å². The van der Waals surface area contributed by atoms with Gasteiger partial charge in [0.15, 0.2) is 0 Å². The average molecular weight is 364 g/mol. The maximum atomic E-state index is 12.7. The fraction of sp³-hybridized carbons (Fsp3) is 0.364. The van der Waals surface area contributed by atoms with Crippen LogP contribution in [0.1, 0.15) is 48.3 Å². The number of pyridine rings is 1. The monoisotopic (exact) mass is 364 g/mol. The van der Waals surface area contributed by atoms with Gasteiger partial charge in [-0.25, -0.2) is 0 Å². The van der Waals surface area contributed by atoms with Crippen LogP contribution in [-0.2, 0) is 5.60 Å². The molecule has 2 aromatic rings. The van der Waals surface area contributed by atoms with E-state index in [-0.39, 0.29) is 5.91 Å². The summed E-state index contributed by atoms with van der Waals surface area (Å²) in [7, 11) is 0. The number of carbonyl (C=O) groups excluding carboxylic acids is 1. The van der Waals surface area contributed by atoms with E-state index in [4.69, 9.17) is 0 Å². The van der Waals surface area contributed by atoms with E-state index in [1.54, 1.807) is 49.2 Å². The molecule has 0 radical (unpaired) electrons. The van der Waals surface area contributed by atoms with Crippen molar-refractivity contribution in [3.63, 3.8) is 0 Å². The van der Waals surface area contributed by atoms with Crippen molar-refractivity contribution in [2.24, 2.45) is 0 Å². The molecule has 1 aliphatic heterocycles. The summed E-state index contributed by atoms with van der Waals surface area (Å²) in [6, 6.07) is 12.6. The van der Waals surface area contributed by atoms with Crippen LogP contribution in [0, 0.1) is 11.8 Å². The molecule has 1 aromatic heterocycles. The molecule has 5 nitrogen and oxygen atoms in total. The van der Waals surface area contributed by atoms with Crippen LogP contribution in [0.25, 0.3) is 0 Å². The van der Waals surface area contributed by atoms with E-state index >= 15 is 0 Å². The molecule has 1 amide bonds. The quantitative estimate of drug-likeness (QED) is 0.802. The number of likely N-dealkylation sites (tertiary alicyclic amines) is 1. The minimum Gasteiger partial charge on any atom is -0.383 e. The Morgan fingerprint density at radius 2 is 1.81 bits per heavy atom. The number of aromatic nitrogens is 1. The SMILES string of the molecule is CC(C)(O)C#Cc1ccc(C(=O)N2CCC(O)(c3ccccn3)CC2)cc1. The van der Waals surface area contributed by atoms with Crippen LogP contribution < -0.4 is 0 Å². The van der Waals surface area contributed by atoms with E-state index in [1.807, 2.05) is 18.2 Å². The smallest absolute Gasteiger partial charge is 0.253 e. The third-order valence-electron chi connectivity index (χ3n) is 4.66. The zero-order chi connectivity index (χ0) is 19.5. The molecule has 27 heavy (non-hydrogen) atoms. The molecule has 0 spiro atoms. The summed E-state index contributed by atoms with van der Waals surface area (Å²) in [4.78, 5) is 18.7. The first kappa shape index (κ1) is 19.1. The first-order valence-electron chi connectivity index (χ1n) is 9.06. The number of hydrogen-bond donors (Lipinski definition) is 2. The Balaban J connectivity index is 1.65. The van der Waals surface area contributed by atoms with Gasteiger partial charge < -0.3 is 15.1 Å². The van der Waals surface area contributed by atoms with E-state index in [0.29, 0.717) is 37.2 Å². The van der Waals surface area contributed by atoms with Gasteiger partial charge in [0.1, 0.15) is 11.2 Å². The van der Waals surface area contributed by atoms with Gasteiger partial charge in [-0.05, 0) is 63.1 Å². The molecule has 1 saturated heterocycles. The van der Waals surface area contributed by atoms with Gasteiger partial charge in [-0.3, -0.25) is 9.78 Å². The van der Waals surface area contributed by atoms with Gasteiger partial charge in [0.2, 0.25) is 0 Å². The summed E-state index contributed by atoms with van der Waals surface area (Å²) in [6.07, 6.45) is 2.60. The minimum absolute atomic E-state index is 0.0555. The maximum absolute atomic E-state index is 12.7. The molecule has 3 rings (SSSR count). The van der Waals surface area contributed by atoms with Crippen LogP contribution in [0.15, 0.2) is 48.7 Å². The van der Waals surface area contributed by atoms with Gasteiger partial charge in [0, 0.05) is 30.4 Å². The molecule has 2 N–H and O–H groups in total. The maximum Gasteiger partial charge on any atom is 0.253 e. The second kappa shape index (κ2) is 7.51. The molecular weight excluding hydrogens is 340 g/mol. The molecule has 0 atom stereocenters. The van der Waals surface area contributed by atoms with Crippen molar-refractivity contribution in [1.82, 2.24) is 9.88 Å². The lowest BCUT2D eigenvalue weighted by Crippen LogP contribution is -2.45. The fourth-order valence-electron chi connectivity index (χ4n) is 3.08. The first-order valence-corrected chi connectivity index (χ1v) is 9.06. The van der Waals surface area contributed by atoms with Crippen LogP contribution in [0.4, 0.5) is 0 Å². The Morgan fingerprint density at radius 3 is 2.37 bits per heavy atom. The van der Waals surface area contributed by atoms with E-state index in [9.17, 15) is 15.0 Å². The number of hydrogen-bond acceptors (Lipinski definition) is 4. The highest BCUT2D eigenvalue weighted by Gasteiger charge is 2.36. The molecule has 1 aliphatic rings. The first-order chi connectivity index (χ1) is 12.8. The van der Waals surface area contributed by atoms with Crippen molar-refractivity contribution >= 4 is 5.91 Å². The molecule has 0 unspecified atom stereocenters. The summed E-state index contributed by atoms with van der Waals surface area (Å²) in [6.45, 7) is 4.21. The minimum atomic E-state index is -1.05. The van der Waals surface area contributed by atoms with Crippen LogP contribution in [0.2, 0.25) is 0 Å². The molecule has 5 heteroatoms. The number of carbonyl (C=O) groups is 1. The highest BCUT2D eigenvalue weighted by molar-refractivity contribution is 5.94. The largest absolute Gasteiger partial charge is 0.383 e. The number of rotatable bonds is 2. The van der Waals surface area contributed by atoms with Crippen LogP contribution in [0.5, 0.6) is 0 Å². The second-order valence-electron chi connectivity index (χ2n) is 7.43. The summed E-state index contributed by atoms with van der Waals surface area (Å²) < 4.78 is 0. The Morgan fingerprint density at radius 1 is 1.15 bits per heavy atom. The van der Waals surface area contributed by atoms with Gasteiger partial charge in [0.05, 0.1) is 5.69 Å². The van der Waals surface area contributed by atoms with Crippen molar-refractivity contribution in [2.75, 3.05) is 13.1 Å². The lowest BCUT2D eigenvalue weighted by atomic mass is 9.87. The van der Waals surface area contributed by atoms with Gasteiger partial charge >= 0.3 is 0 Å². The molecule has 0 bridgehead atoms. The standard InChI is InChI=1S/C22H24N2O3/c1-21(2,26)11-10-17-6-8-18(9-7-17)20(25)24-15-12-22(27,13-16-24)19-5-3-4-14-23-19/h3-9,14,26-27H,12-13,15-16H2,1-2H3. The Labute approximate surface area is 159 Å². The van der Waals surface area contributed by atoms with Crippen LogP contribution >= 0.6 is 0 Å². The molecule has 0 aliphatic carbocycles. The molecule has 1 aromatic carbocycles. The summed E-state index contributed by atoms with van der Waals surface area (Å²) in [5.41, 5.74) is -0.0304. The van der Waals surface area contributed by atoms with Crippen LogP contribution in [0.3, 0.4) is 0 Å². The van der Waals surface area contributed by atoms with Gasteiger partial charge in [-0.2, -0.15) is 0 Å². The predicted molar refractivity (Wildman–Crippen MR) is 103 cm³/mol. The van der Waals surface area contributed by atoms with E-state index < -0.39 is 11.2 Å². The molecule has 0 saturated carbocycles. The Bertz CT molecular complexity index is 850. The van der Waals surface area contributed by atoms with Crippen LogP contribution in [-0.4, -0.2) is 44.7 Å². The number of aliphatic hydroxyl groups is 2. The van der Waals surface area contributed by atoms with Crippen molar-refractivity contribution in [1.29, 1.82) is 0 Å². The van der Waals surface area contributed by atoms with Crippen molar-refractivity contribution in [3.8, 4) is 11.8 Å². The van der Waals surface area contributed by atoms with E-state index in [0.717, 1.165) is 5.56 Å². The summed E-state index contributed by atoms with van der Waals surface area (Å²) in [5, 5.41) is 20.5. The van der Waals surface area contributed by atoms with Gasteiger partial charge in [0.25, 0.3) is 5.91 Å². The predicted octanol–water partition coefficient (Wildman–Crippen LogP) is 2.33. The molecule has 2 heterocycles. The lowest BCUT2D eigenvalue weighted by molar-refractivity contribution is -0.0244. The highest BCUT2D eigenvalue weighted by atomic mass is 16.3. The number of nitrogens with zero attached hydrogens (tertiary/aromatic N) is 2. The van der Waals surface area contributed by atoms with Crippen molar-refractivity contribution in [3.05, 3.63) is 65.5 Å². The van der Waals surface area contributed by atoms with Crippen molar-refractivity contribution < 1.29 is 15.0 Å². The summed E-state index contributed by atoms with van der Waals surface area (Å²) >= 11 is 0. The van der Waals surface area contributed by atoms with E-state index in [1.165, 1.54) is 0 Å². The number of benzene rings is 1. The summed E-state index contributed by atoms with van der Waals surface area (Å²) in [5.74, 6) is 5.59. The zero-order valence-electron chi connectivity index (χ0n) is 15.6. The third kappa shape index (κ3) is 4.73. The van der Waals surface area contributed by atoms with Gasteiger partial charge in [-0.1, -0.05) is 17.9 Å².